The molecule has 0 bridgehead atoms. The Morgan fingerprint density at radius 3 is 1.50 bits per heavy atom. The van der Waals surface area contributed by atoms with E-state index in [9.17, 15) is 0 Å². The van der Waals surface area contributed by atoms with Gasteiger partial charge in [0.2, 0.25) is 0 Å². The first-order valence-corrected chi connectivity index (χ1v) is 7.72. The maximum absolute atomic E-state index is 5.86. The number of unbranched alkanes of at least 4 members (excludes halogenated alkanes) is 3. The fraction of sp³-hybridized carbons (Fsp3) is 1.00. The molecule has 0 aromatic rings. The molecule has 14 heavy (non-hydrogen) atoms. The van der Waals surface area contributed by atoms with Crippen molar-refractivity contribution < 1.29 is 0 Å². The molecule has 0 fully saturated rings. The average Bonchev–Trinajstić information content (AvgIpc) is 1.92. The molecule has 0 aromatic heterocycles. The molecule has 6 heteroatoms. The molecule has 0 aliphatic heterocycles. The van der Waals surface area contributed by atoms with E-state index in [-0.39, 0.29) is 0 Å². The molecular formula is C8H12Cl5Sn. The van der Waals surface area contributed by atoms with Crippen molar-refractivity contribution in [2.75, 3.05) is 0 Å². The number of alkyl halides is 5. The van der Waals surface area contributed by atoms with Crippen molar-refractivity contribution in [1.29, 1.82) is 0 Å². The summed E-state index contributed by atoms with van der Waals surface area (Å²) >= 11 is 29.7. The van der Waals surface area contributed by atoms with E-state index in [0.717, 1.165) is 54.6 Å². The fourth-order valence-electron chi connectivity index (χ4n) is 1.03. The molecule has 83 valence electrons. The summed E-state index contributed by atoms with van der Waals surface area (Å²) in [5.74, 6) is 0. The molecule has 0 amide bonds. The standard InChI is InChI=1S/C8H12Cl5.Sn/c9-7(10)5-3-1-2-4-6-8(11,12)13;/h1-6H2;. The fourth-order valence-corrected chi connectivity index (χ4v) is 2.20. The molecule has 0 saturated heterocycles. The number of rotatable bonds is 6. The summed E-state index contributed by atoms with van der Waals surface area (Å²) in [4.78, 5) is 0. The van der Waals surface area contributed by atoms with Gasteiger partial charge in [-0.3, -0.25) is 0 Å². The van der Waals surface area contributed by atoms with Crippen LogP contribution in [0.2, 0.25) is 0 Å². The summed E-state index contributed by atoms with van der Waals surface area (Å²) in [7, 11) is 0. The summed E-state index contributed by atoms with van der Waals surface area (Å²) in [6.45, 7) is 0. The zero-order valence-electron chi connectivity index (χ0n) is 7.63. The molecule has 3 radical (unpaired) electrons. The van der Waals surface area contributed by atoms with E-state index in [0.29, 0.717) is 6.42 Å². The Morgan fingerprint density at radius 1 is 0.714 bits per heavy atom. The van der Waals surface area contributed by atoms with Crippen LogP contribution in [0, 0.1) is 0 Å². The van der Waals surface area contributed by atoms with Gasteiger partial charge in [-0.25, -0.2) is 0 Å². The zero-order valence-corrected chi connectivity index (χ0v) is 14.3. The molecule has 0 unspecified atom stereocenters. The Hall–Kier alpha value is 2.25. The van der Waals surface area contributed by atoms with Crippen molar-refractivity contribution in [2.45, 2.75) is 44.7 Å². The third kappa shape index (κ3) is 14.2. The molecule has 0 atom stereocenters. The van der Waals surface area contributed by atoms with Crippen molar-refractivity contribution in [1.82, 2.24) is 0 Å². The minimum absolute atomic E-state index is 0.512. The molecule has 0 nitrogen and oxygen atoms in total. The second kappa shape index (κ2) is 7.55. The monoisotopic (exact) mass is 403 g/mol. The van der Waals surface area contributed by atoms with Crippen LogP contribution in [-0.4, -0.2) is 28.7 Å². The van der Waals surface area contributed by atoms with Gasteiger partial charge in [-0.05, 0) is 0 Å². The van der Waals surface area contributed by atoms with E-state index in [1.54, 1.807) is 0 Å². The van der Waals surface area contributed by atoms with Gasteiger partial charge in [-0.1, -0.05) is 0 Å². The van der Waals surface area contributed by atoms with Crippen LogP contribution in [0.4, 0.5) is 0 Å². The van der Waals surface area contributed by atoms with E-state index >= 15 is 0 Å². The van der Waals surface area contributed by atoms with Gasteiger partial charge in [-0.2, -0.15) is 0 Å². The minimum atomic E-state index is -1.10. The van der Waals surface area contributed by atoms with Crippen LogP contribution in [0.1, 0.15) is 38.5 Å². The van der Waals surface area contributed by atoms with E-state index in [1.165, 1.54) is 0 Å². The molecule has 0 aliphatic carbocycles. The molecule has 0 heterocycles. The predicted octanol–water partition coefficient (Wildman–Crippen LogP) is 5.00. The number of hydrogen-bond donors (Lipinski definition) is 0. The molecule has 0 saturated carbocycles. The Balaban J connectivity index is 3.23. The van der Waals surface area contributed by atoms with Crippen LogP contribution in [0.3, 0.4) is 0 Å². The van der Waals surface area contributed by atoms with Crippen molar-refractivity contribution in [3.8, 4) is 0 Å². The summed E-state index contributed by atoms with van der Waals surface area (Å²) in [6.07, 6.45) is 5.60. The molecule has 0 aliphatic rings. The zero-order chi connectivity index (χ0) is 11.2. The van der Waals surface area contributed by atoms with Gasteiger partial charge in [0.15, 0.2) is 0 Å². The maximum atomic E-state index is 5.86. The summed E-state index contributed by atoms with van der Waals surface area (Å²) in [5.41, 5.74) is 0. The van der Waals surface area contributed by atoms with Gasteiger partial charge in [0.05, 0.1) is 0 Å². The number of hydrogen-bond acceptors (Lipinski definition) is 0. The SMILES string of the molecule is ClC(Cl)(Cl)CCCCCC[C](Cl)(Cl)[Sn]. The van der Waals surface area contributed by atoms with E-state index in [1.807, 2.05) is 0 Å². The van der Waals surface area contributed by atoms with Gasteiger partial charge in [0, 0.05) is 0 Å². The Labute approximate surface area is 124 Å². The van der Waals surface area contributed by atoms with Gasteiger partial charge in [0.1, 0.15) is 0 Å². The molecule has 0 N–H and O–H groups in total. The summed E-state index contributed by atoms with van der Waals surface area (Å²) < 4.78 is -1.61. The molecule has 0 spiro atoms. The third-order valence-corrected chi connectivity index (χ3v) is 3.36. The van der Waals surface area contributed by atoms with E-state index in [2.05, 4.69) is 0 Å². The van der Waals surface area contributed by atoms with Crippen LogP contribution in [-0.2, 0) is 0 Å². The summed E-state index contributed by atoms with van der Waals surface area (Å²) in [6, 6.07) is 0. The first kappa shape index (κ1) is 16.2. The molecule has 0 rings (SSSR count). The van der Waals surface area contributed by atoms with Crippen LogP contribution < -0.4 is 0 Å². The van der Waals surface area contributed by atoms with Gasteiger partial charge >= 0.3 is 125 Å². The Bertz CT molecular complexity index is 131. The topological polar surface area (TPSA) is 0 Å². The molecule has 0 aromatic carbocycles. The van der Waals surface area contributed by atoms with Crippen molar-refractivity contribution in [3.05, 3.63) is 0 Å². The van der Waals surface area contributed by atoms with Crippen molar-refractivity contribution in [3.63, 3.8) is 0 Å². The van der Waals surface area contributed by atoms with Gasteiger partial charge in [-0.15, -0.1) is 0 Å². The van der Waals surface area contributed by atoms with Crippen LogP contribution in [0.5, 0.6) is 0 Å². The predicted molar refractivity (Wildman–Crippen MR) is 68.2 cm³/mol. The van der Waals surface area contributed by atoms with Crippen molar-refractivity contribution >= 4 is 80.5 Å². The second-order valence-electron chi connectivity index (χ2n) is 3.23. The van der Waals surface area contributed by atoms with Gasteiger partial charge in [0.25, 0.3) is 0 Å². The Morgan fingerprint density at radius 2 is 1.14 bits per heavy atom. The van der Waals surface area contributed by atoms with E-state index < -0.39 is 6.14 Å². The van der Waals surface area contributed by atoms with Crippen molar-refractivity contribution in [2.24, 2.45) is 0 Å². The first-order valence-electron chi connectivity index (χ1n) is 4.40. The third-order valence-electron chi connectivity index (χ3n) is 1.70. The number of halogens is 5. The normalized spacial score (nSPS) is 13.3. The first-order chi connectivity index (χ1) is 6.21. The average molecular weight is 404 g/mol. The van der Waals surface area contributed by atoms with Gasteiger partial charge < -0.3 is 0 Å². The second-order valence-corrected chi connectivity index (χ2v) is 11.5. The van der Waals surface area contributed by atoms with Crippen LogP contribution in [0.25, 0.3) is 0 Å². The van der Waals surface area contributed by atoms with E-state index in [4.69, 9.17) is 58.0 Å². The molecular weight excluding hydrogens is 392 g/mol. The Kier molecular flexibility index (Phi) is 8.76. The van der Waals surface area contributed by atoms with Crippen LogP contribution >= 0.6 is 58.0 Å². The van der Waals surface area contributed by atoms with Crippen LogP contribution in [0.15, 0.2) is 0 Å². The summed E-state index contributed by atoms with van der Waals surface area (Å²) in [5, 5.41) is 0. The quantitative estimate of drug-likeness (QED) is 0.332.